The van der Waals surface area contributed by atoms with Crippen molar-refractivity contribution in [2.45, 2.75) is 61.3 Å². The van der Waals surface area contributed by atoms with Crippen LogP contribution in [0.4, 0.5) is 5.69 Å². The van der Waals surface area contributed by atoms with E-state index in [9.17, 15) is 50.7 Å². The second-order valence-corrected chi connectivity index (χ2v) is 7.84. The fourth-order valence-electron chi connectivity index (χ4n) is 3.63. The van der Waals surface area contributed by atoms with E-state index in [0.29, 0.717) is 0 Å². The monoisotopic (exact) mass is 490 g/mol. The van der Waals surface area contributed by atoms with Crippen LogP contribution in [-0.4, -0.2) is 121 Å². The van der Waals surface area contributed by atoms with Crippen molar-refractivity contribution in [1.29, 1.82) is 0 Å². The van der Waals surface area contributed by atoms with E-state index >= 15 is 0 Å². The number of carbonyl (C=O) groups is 1. The van der Waals surface area contributed by atoms with Gasteiger partial charge in [-0.2, -0.15) is 0 Å². The molecule has 15 heteroatoms. The molecule has 2 aliphatic rings. The smallest absolute Gasteiger partial charge is 0.269 e. The number of amides is 1. The molecule has 10 atom stereocenters. The summed E-state index contributed by atoms with van der Waals surface area (Å²) in [5.41, 5.74) is -0.300. The zero-order valence-electron chi connectivity index (χ0n) is 17.5. The number of rotatable bonds is 7. The number of nitro groups is 1. The molecule has 2 aliphatic heterocycles. The van der Waals surface area contributed by atoms with Gasteiger partial charge >= 0.3 is 0 Å². The topological polar surface area (TPSA) is 242 Å². The lowest BCUT2D eigenvalue weighted by Crippen LogP contribution is -2.67. The Balaban J connectivity index is 1.81. The highest BCUT2D eigenvalue weighted by molar-refractivity contribution is 5.94. The van der Waals surface area contributed by atoms with Gasteiger partial charge in [0, 0.05) is 17.7 Å². The van der Waals surface area contributed by atoms with E-state index in [1.807, 2.05) is 0 Å². The molecule has 0 saturated carbocycles. The zero-order valence-corrected chi connectivity index (χ0v) is 17.5. The van der Waals surface area contributed by atoms with E-state index < -0.39 is 85.4 Å². The Morgan fingerprint density at radius 2 is 1.41 bits per heavy atom. The number of ether oxygens (including phenoxy) is 3. The summed E-state index contributed by atoms with van der Waals surface area (Å²) in [6.45, 7) is -1.49. The summed E-state index contributed by atoms with van der Waals surface area (Å²) in [6.07, 6.45) is -14.7. The minimum atomic E-state index is -1.83. The van der Waals surface area contributed by atoms with Crippen LogP contribution in [0, 0.1) is 10.1 Å². The summed E-state index contributed by atoms with van der Waals surface area (Å²) in [5, 5.41) is 82.8. The Hall–Kier alpha value is -2.31. The third-order valence-corrected chi connectivity index (χ3v) is 5.64. The lowest BCUT2D eigenvalue weighted by atomic mass is 9.96. The molecule has 0 aliphatic carbocycles. The van der Waals surface area contributed by atoms with E-state index in [4.69, 9.17) is 14.2 Å². The van der Waals surface area contributed by atoms with E-state index in [2.05, 4.69) is 5.32 Å². The summed E-state index contributed by atoms with van der Waals surface area (Å²) < 4.78 is 16.1. The molecule has 0 bridgehead atoms. The van der Waals surface area contributed by atoms with E-state index in [0.717, 1.165) is 24.3 Å². The van der Waals surface area contributed by atoms with Crippen LogP contribution in [0.3, 0.4) is 0 Å². The van der Waals surface area contributed by atoms with Crippen LogP contribution in [0.25, 0.3) is 0 Å². The van der Waals surface area contributed by atoms with Gasteiger partial charge in [0.25, 0.3) is 11.6 Å². The predicted octanol–water partition coefficient (Wildman–Crippen LogP) is -4.05. The Morgan fingerprint density at radius 1 is 0.882 bits per heavy atom. The summed E-state index contributed by atoms with van der Waals surface area (Å²) in [7, 11) is 0. The number of nitrogens with one attached hydrogen (secondary N) is 1. The molecule has 2 saturated heterocycles. The molecule has 2 heterocycles. The molecule has 1 aromatic carbocycles. The number of carbonyl (C=O) groups excluding carboxylic acids is 1. The first-order chi connectivity index (χ1) is 16.1. The van der Waals surface area contributed by atoms with Gasteiger partial charge in [-0.05, 0) is 12.1 Å². The lowest BCUT2D eigenvalue weighted by molar-refractivity contribution is -0.384. The van der Waals surface area contributed by atoms with Crippen molar-refractivity contribution in [2.24, 2.45) is 0 Å². The van der Waals surface area contributed by atoms with Crippen molar-refractivity contribution in [1.82, 2.24) is 5.32 Å². The zero-order chi connectivity index (χ0) is 25.2. The fraction of sp³-hybridized carbons (Fsp3) is 0.632. The molecule has 1 aromatic rings. The van der Waals surface area contributed by atoms with Crippen LogP contribution in [0.1, 0.15) is 10.4 Å². The SMILES string of the molecule is O=C(N[C@@H]1[C@H](O[C@H]2O[C@H](CO)[C@H](O)[C@H](O)[C@H]2O)O[C@H](CO)[C@@H](O)[C@@H]1O)c1ccc([N+](=O)[O-])cc1. The molecule has 0 unspecified atom stereocenters. The van der Waals surface area contributed by atoms with E-state index in [1.54, 1.807) is 0 Å². The molecule has 15 nitrogen and oxygen atoms in total. The number of non-ortho nitro benzene ring substituents is 1. The Morgan fingerprint density at radius 3 is 1.94 bits per heavy atom. The maximum Gasteiger partial charge on any atom is 0.269 e. The van der Waals surface area contributed by atoms with Crippen LogP contribution < -0.4 is 5.32 Å². The van der Waals surface area contributed by atoms with Crippen LogP contribution in [-0.2, 0) is 14.2 Å². The van der Waals surface area contributed by atoms with Gasteiger partial charge in [0.05, 0.1) is 18.1 Å². The Bertz CT molecular complexity index is 853. The molecule has 34 heavy (non-hydrogen) atoms. The van der Waals surface area contributed by atoms with Crippen molar-refractivity contribution in [3.05, 3.63) is 39.9 Å². The van der Waals surface area contributed by atoms with E-state index in [1.165, 1.54) is 0 Å². The van der Waals surface area contributed by atoms with Crippen molar-refractivity contribution >= 4 is 11.6 Å². The molecule has 3 rings (SSSR count). The van der Waals surface area contributed by atoms with Crippen molar-refractivity contribution in [3.8, 4) is 0 Å². The van der Waals surface area contributed by atoms with Gasteiger partial charge in [0.2, 0.25) is 0 Å². The summed E-state index contributed by atoms with van der Waals surface area (Å²) in [5.74, 6) is -0.834. The molecular formula is C19H26N2O13. The first kappa shape index (κ1) is 26.3. The Labute approximate surface area is 191 Å². The minimum Gasteiger partial charge on any atom is -0.394 e. The molecule has 1 amide bonds. The first-order valence-corrected chi connectivity index (χ1v) is 10.2. The van der Waals surface area contributed by atoms with Gasteiger partial charge < -0.3 is 55.3 Å². The molecule has 190 valence electrons. The number of hydrogen-bond acceptors (Lipinski definition) is 13. The molecule has 0 radical (unpaired) electrons. The van der Waals surface area contributed by atoms with Gasteiger partial charge in [-0.25, -0.2) is 0 Å². The maximum absolute atomic E-state index is 12.7. The standard InChI is InChI=1S/C19H26N2O13/c22-5-9-12(24)14(26)11(20-17(29)7-1-3-8(4-2-7)21(30)31)18(32-9)34-19-16(28)15(27)13(25)10(6-23)33-19/h1-4,9-16,18-19,22-28H,5-6H2,(H,20,29)/t9-,10-,11+,12-,13+,14-,15+,16-,18+,19-/m1/s1. The van der Waals surface area contributed by atoms with Crippen molar-refractivity contribution in [2.75, 3.05) is 13.2 Å². The third kappa shape index (κ3) is 5.33. The summed E-state index contributed by atoms with van der Waals surface area (Å²) in [4.78, 5) is 22.8. The normalized spacial score (nSPS) is 38.3. The Kier molecular flexibility index (Phi) is 8.47. The second-order valence-electron chi connectivity index (χ2n) is 7.84. The van der Waals surface area contributed by atoms with Gasteiger partial charge in [-0.15, -0.1) is 0 Å². The third-order valence-electron chi connectivity index (χ3n) is 5.64. The maximum atomic E-state index is 12.7. The van der Waals surface area contributed by atoms with Gasteiger partial charge in [-0.1, -0.05) is 0 Å². The van der Waals surface area contributed by atoms with Crippen LogP contribution in [0.2, 0.25) is 0 Å². The molecule has 2 fully saturated rings. The number of aliphatic hydroxyl groups excluding tert-OH is 7. The average Bonchev–Trinajstić information content (AvgIpc) is 2.83. The number of aliphatic hydroxyl groups is 7. The summed E-state index contributed by atoms with van der Waals surface area (Å²) in [6, 6.07) is 2.98. The number of nitrogens with zero attached hydrogens (tertiary/aromatic N) is 1. The molecular weight excluding hydrogens is 464 g/mol. The van der Waals surface area contributed by atoms with Crippen LogP contribution in [0.15, 0.2) is 24.3 Å². The summed E-state index contributed by atoms with van der Waals surface area (Å²) >= 11 is 0. The van der Waals surface area contributed by atoms with Crippen LogP contribution >= 0.6 is 0 Å². The molecule has 8 N–H and O–H groups in total. The molecule has 0 aromatic heterocycles. The number of hydrogen-bond donors (Lipinski definition) is 8. The fourth-order valence-corrected chi connectivity index (χ4v) is 3.63. The lowest BCUT2D eigenvalue weighted by Gasteiger charge is -2.46. The highest BCUT2D eigenvalue weighted by Gasteiger charge is 2.50. The average molecular weight is 490 g/mol. The first-order valence-electron chi connectivity index (χ1n) is 10.2. The van der Waals surface area contributed by atoms with Crippen LogP contribution in [0.5, 0.6) is 0 Å². The number of nitro benzene ring substituents is 1. The quantitative estimate of drug-likeness (QED) is 0.134. The highest BCUT2D eigenvalue weighted by Crippen LogP contribution is 2.28. The number of benzene rings is 1. The molecule has 0 spiro atoms. The largest absolute Gasteiger partial charge is 0.394 e. The van der Waals surface area contributed by atoms with Gasteiger partial charge in [-0.3, -0.25) is 14.9 Å². The van der Waals surface area contributed by atoms with Gasteiger partial charge in [0.1, 0.15) is 48.8 Å². The second kappa shape index (κ2) is 11.0. The van der Waals surface area contributed by atoms with Gasteiger partial charge in [0.15, 0.2) is 12.6 Å². The van der Waals surface area contributed by atoms with Crippen molar-refractivity contribution < 1.29 is 59.7 Å². The highest BCUT2D eigenvalue weighted by atomic mass is 16.8. The van der Waals surface area contributed by atoms with E-state index in [-0.39, 0.29) is 11.3 Å². The van der Waals surface area contributed by atoms with Crippen molar-refractivity contribution in [3.63, 3.8) is 0 Å². The minimum absolute atomic E-state index is 0.0387. The predicted molar refractivity (Wildman–Crippen MR) is 107 cm³/mol.